The van der Waals surface area contributed by atoms with Crippen LogP contribution in [0.4, 0.5) is 4.39 Å². The third-order valence-electron chi connectivity index (χ3n) is 0.850. The Morgan fingerprint density at radius 2 is 2.30 bits per heavy atom. The fraction of sp³-hybridized carbons (Fsp3) is 0. The molecule has 0 spiro atoms. The standard InChI is InChI=1S/C4H3FN2O2.Hg/c5-2-1-6-4(9)7-3(2)8;/h1H,(H2,6,7,8,9);/q;+2/p+2. The quantitative estimate of drug-likeness (QED) is 0.389. The van der Waals surface area contributed by atoms with E-state index >= 15 is 0 Å². The molecule has 48 valence electrons. The second kappa shape index (κ2) is 3.77. The van der Waals surface area contributed by atoms with Crippen LogP contribution in [0.5, 0.6) is 0 Å². The van der Waals surface area contributed by atoms with Gasteiger partial charge in [0.2, 0.25) is 5.83 Å². The smallest absolute Gasteiger partial charge is 0.227 e. The molecular formula is C4H5FHgN2O2+4. The summed E-state index contributed by atoms with van der Waals surface area (Å²) in [4.78, 5) is 18.8. The summed E-state index contributed by atoms with van der Waals surface area (Å²) in [5, 5.41) is 2.89. The number of imide groups is 1. The van der Waals surface area contributed by atoms with Crippen LogP contribution in [0.1, 0.15) is 0 Å². The van der Waals surface area contributed by atoms with Gasteiger partial charge in [0.05, 0.1) is 6.20 Å². The molecule has 3 amide bonds. The summed E-state index contributed by atoms with van der Waals surface area (Å²) in [7, 11) is 0. The van der Waals surface area contributed by atoms with Crippen LogP contribution in [0, 0.1) is 0 Å². The number of rotatable bonds is 0. The van der Waals surface area contributed by atoms with Crippen molar-refractivity contribution >= 4 is 11.9 Å². The van der Waals surface area contributed by atoms with Gasteiger partial charge in [-0.15, -0.1) is 5.32 Å². The molecule has 0 bridgehead atoms. The molecule has 0 fully saturated rings. The fourth-order valence-corrected chi connectivity index (χ4v) is 0.443. The Labute approximate surface area is 76.4 Å². The molecule has 1 aliphatic rings. The molecule has 0 unspecified atom stereocenters. The SMILES string of the molecule is O=C1[NH2+]C(=[OH+])NC=C1F.[Hg+2]. The molecular weight excluding hydrogens is 328 g/mol. The molecule has 0 aliphatic carbocycles. The number of primary amides is 2. The van der Waals surface area contributed by atoms with Crippen molar-refractivity contribution in [2.24, 2.45) is 0 Å². The molecule has 0 saturated heterocycles. The number of quaternary nitrogens is 1. The summed E-state index contributed by atoms with van der Waals surface area (Å²) < 4.78 is 12.0. The molecule has 1 aliphatic heterocycles. The van der Waals surface area contributed by atoms with Crippen LogP contribution in [0.15, 0.2) is 12.0 Å². The number of hydrogen-bond acceptors (Lipinski definition) is 1. The maximum atomic E-state index is 12.0. The van der Waals surface area contributed by atoms with E-state index in [9.17, 15) is 9.18 Å². The molecule has 10 heavy (non-hydrogen) atoms. The first-order valence-electron chi connectivity index (χ1n) is 2.27. The summed E-state index contributed by atoms with van der Waals surface area (Å²) in [6.07, 6.45) is 0.803. The molecule has 6 heteroatoms. The summed E-state index contributed by atoms with van der Waals surface area (Å²) in [6, 6.07) is -0.332. The number of carbonyl (C=O) groups excluding carboxylic acids is 2. The zero-order chi connectivity index (χ0) is 6.85. The van der Waals surface area contributed by atoms with Gasteiger partial charge in [0.25, 0.3) is 0 Å². The van der Waals surface area contributed by atoms with Gasteiger partial charge in [0.15, 0.2) is 0 Å². The average Bonchev–Trinajstić information content (AvgIpc) is 1.80. The Morgan fingerprint density at radius 1 is 1.70 bits per heavy atom. The summed E-state index contributed by atoms with van der Waals surface area (Å²) in [6.45, 7) is 0. The molecule has 1 rings (SSSR count). The van der Waals surface area contributed by atoms with Crippen molar-refractivity contribution in [3.63, 3.8) is 0 Å². The fourth-order valence-electron chi connectivity index (χ4n) is 0.443. The molecule has 4 N–H and O–H groups in total. The zero-order valence-electron chi connectivity index (χ0n) is 5.10. The van der Waals surface area contributed by atoms with Gasteiger partial charge in [-0.05, 0) is 0 Å². The first-order chi connectivity index (χ1) is 4.20. The second-order valence-electron chi connectivity index (χ2n) is 1.53. The number of carbonyl (C=O) groups is 1. The average molecular weight is 333 g/mol. The van der Waals surface area contributed by atoms with E-state index in [0.717, 1.165) is 11.5 Å². The Hall–Kier alpha value is -0.295. The monoisotopic (exact) mass is 334 g/mol. The van der Waals surface area contributed by atoms with Crippen molar-refractivity contribution < 1.29 is 47.0 Å². The largest absolute Gasteiger partial charge is 2.00 e. The Bertz CT molecular complexity index is 203. The van der Waals surface area contributed by atoms with Crippen molar-refractivity contribution in [2.45, 2.75) is 0 Å². The Morgan fingerprint density at radius 3 is 2.70 bits per heavy atom. The van der Waals surface area contributed by atoms with E-state index in [4.69, 9.17) is 4.79 Å². The van der Waals surface area contributed by atoms with E-state index in [1.54, 1.807) is 0 Å². The topological polar surface area (TPSA) is 67.1 Å². The van der Waals surface area contributed by atoms with Crippen LogP contribution in [-0.4, -0.2) is 16.7 Å². The van der Waals surface area contributed by atoms with Gasteiger partial charge < -0.3 is 0 Å². The number of nitrogens with two attached hydrogens (primary N) is 1. The first kappa shape index (κ1) is 9.71. The number of amides is 3. The minimum Gasteiger partial charge on any atom is -0.227 e. The van der Waals surface area contributed by atoms with Crippen LogP contribution in [0.2, 0.25) is 0 Å². The van der Waals surface area contributed by atoms with E-state index in [1.807, 2.05) is 0 Å². The maximum absolute atomic E-state index is 12.0. The van der Waals surface area contributed by atoms with E-state index in [0.29, 0.717) is 0 Å². The van der Waals surface area contributed by atoms with Crippen molar-refractivity contribution in [3.05, 3.63) is 12.0 Å². The van der Waals surface area contributed by atoms with Gasteiger partial charge >= 0.3 is 39.6 Å². The molecule has 0 aromatic rings. The minimum atomic E-state index is -0.896. The van der Waals surface area contributed by atoms with Crippen molar-refractivity contribution in [2.75, 3.05) is 0 Å². The van der Waals surface area contributed by atoms with Crippen LogP contribution in [0.3, 0.4) is 0 Å². The third kappa shape index (κ3) is 2.15. The van der Waals surface area contributed by atoms with Gasteiger partial charge in [-0.25, -0.2) is 14.9 Å². The molecule has 0 atom stereocenters. The van der Waals surface area contributed by atoms with Crippen LogP contribution in [-0.2, 0) is 32.5 Å². The normalized spacial score (nSPS) is 17.1. The predicted molar refractivity (Wildman–Crippen MR) is 26.2 cm³/mol. The molecule has 0 radical (unpaired) electrons. The summed E-state index contributed by atoms with van der Waals surface area (Å²) in [5.41, 5.74) is 0. The maximum Gasteiger partial charge on any atom is 2.00 e. The minimum absolute atomic E-state index is 0. The number of urea groups is 1. The van der Waals surface area contributed by atoms with Gasteiger partial charge in [0.1, 0.15) is 0 Å². The van der Waals surface area contributed by atoms with E-state index in [-0.39, 0.29) is 33.7 Å². The Balaban J connectivity index is 0.000000810. The zero-order valence-corrected chi connectivity index (χ0v) is 10.6. The van der Waals surface area contributed by atoms with Gasteiger partial charge in [-0.1, -0.05) is 0 Å². The molecule has 0 saturated carbocycles. The van der Waals surface area contributed by atoms with Gasteiger partial charge in [-0.3, -0.25) is 0 Å². The molecule has 4 nitrogen and oxygen atoms in total. The number of hydrogen-bond donors (Lipinski definition) is 2. The second-order valence-corrected chi connectivity index (χ2v) is 1.53. The van der Waals surface area contributed by atoms with E-state index < -0.39 is 11.7 Å². The van der Waals surface area contributed by atoms with Gasteiger partial charge in [-0.2, -0.15) is 4.39 Å². The van der Waals surface area contributed by atoms with Gasteiger partial charge in [0, 0.05) is 0 Å². The van der Waals surface area contributed by atoms with Crippen molar-refractivity contribution in [3.8, 4) is 0 Å². The number of halogens is 1. The number of nitrogens with one attached hydrogen (secondary N) is 1. The van der Waals surface area contributed by atoms with E-state index in [1.165, 1.54) is 0 Å². The van der Waals surface area contributed by atoms with Crippen LogP contribution >= 0.6 is 0 Å². The van der Waals surface area contributed by atoms with Crippen LogP contribution < -0.4 is 10.6 Å². The first-order valence-corrected chi connectivity index (χ1v) is 2.27. The van der Waals surface area contributed by atoms with Crippen molar-refractivity contribution in [1.82, 2.24) is 5.32 Å². The molecule has 1 heterocycles. The Kier molecular flexibility index (Phi) is 3.66. The molecule has 0 aromatic carbocycles. The van der Waals surface area contributed by atoms with Crippen LogP contribution in [0.25, 0.3) is 0 Å². The predicted octanol–water partition coefficient (Wildman–Crippen LogP) is -2.05. The molecule has 0 aromatic heterocycles. The van der Waals surface area contributed by atoms with Crippen molar-refractivity contribution in [1.29, 1.82) is 0 Å². The van der Waals surface area contributed by atoms with E-state index in [2.05, 4.69) is 5.32 Å². The summed E-state index contributed by atoms with van der Waals surface area (Å²) >= 11 is 0. The third-order valence-corrected chi connectivity index (χ3v) is 0.850. The summed E-state index contributed by atoms with van der Waals surface area (Å²) in [5.74, 6) is -1.71.